The normalized spacial score (nSPS) is 14.0. The van der Waals surface area contributed by atoms with Gasteiger partial charge in [0.1, 0.15) is 4.70 Å². The third-order valence-electron chi connectivity index (χ3n) is 2.96. The van der Waals surface area contributed by atoms with Gasteiger partial charge in [-0.2, -0.15) is 0 Å². The van der Waals surface area contributed by atoms with Crippen molar-refractivity contribution in [2.24, 2.45) is 5.41 Å². The van der Waals surface area contributed by atoms with Crippen molar-refractivity contribution in [3.05, 3.63) is 32.3 Å². The molecule has 0 saturated heterocycles. The standard InChI is InChI=1S/C12H16N2O3S/c1-12(2,3)8(15)6-14-7-4-5-18-9(7)10(16)13-11(14)17/h4-5,8,15H,6H2,1-3H3,(H,13,16,17). The molecule has 1 unspecified atom stereocenters. The summed E-state index contributed by atoms with van der Waals surface area (Å²) in [6, 6.07) is 1.73. The van der Waals surface area contributed by atoms with Gasteiger partial charge in [0.05, 0.1) is 18.2 Å². The van der Waals surface area contributed by atoms with Crippen LogP contribution < -0.4 is 11.2 Å². The molecule has 2 aromatic heterocycles. The number of aromatic amines is 1. The van der Waals surface area contributed by atoms with Gasteiger partial charge < -0.3 is 5.11 Å². The number of H-pyrrole nitrogens is 1. The first kappa shape index (κ1) is 13.0. The average molecular weight is 268 g/mol. The largest absolute Gasteiger partial charge is 0.391 e. The first-order valence-electron chi connectivity index (χ1n) is 5.69. The van der Waals surface area contributed by atoms with Crippen LogP contribution in [0.5, 0.6) is 0 Å². The summed E-state index contributed by atoms with van der Waals surface area (Å²) < 4.78 is 1.93. The summed E-state index contributed by atoms with van der Waals surface area (Å²) >= 11 is 1.29. The lowest BCUT2D eigenvalue weighted by Gasteiger charge is -2.26. The number of hydrogen-bond donors (Lipinski definition) is 2. The minimum absolute atomic E-state index is 0.173. The van der Waals surface area contributed by atoms with Crippen molar-refractivity contribution in [1.82, 2.24) is 9.55 Å². The van der Waals surface area contributed by atoms with Gasteiger partial charge in [0.2, 0.25) is 0 Å². The Bertz CT molecular complexity index is 675. The number of aromatic nitrogens is 2. The molecule has 0 radical (unpaired) electrons. The molecule has 98 valence electrons. The fourth-order valence-corrected chi connectivity index (χ4v) is 2.43. The summed E-state index contributed by atoms with van der Waals surface area (Å²) in [5, 5.41) is 11.8. The van der Waals surface area contributed by atoms with Crippen LogP contribution in [0.4, 0.5) is 0 Å². The van der Waals surface area contributed by atoms with E-state index in [1.54, 1.807) is 11.4 Å². The Kier molecular flexibility index (Phi) is 3.16. The van der Waals surface area contributed by atoms with E-state index in [4.69, 9.17) is 0 Å². The van der Waals surface area contributed by atoms with Gasteiger partial charge in [-0.25, -0.2) is 4.79 Å². The Morgan fingerprint density at radius 2 is 2.11 bits per heavy atom. The highest BCUT2D eigenvalue weighted by atomic mass is 32.1. The van der Waals surface area contributed by atoms with Crippen LogP contribution in [-0.2, 0) is 6.54 Å². The maximum absolute atomic E-state index is 11.8. The summed E-state index contributed by atoms with van der Waals surface area (Å²) in [5.74, 6) is 0. The highest BCUT2D eigenvalue weighted by Crippen LogP contribution is 2.22. The number of aliphatic hydroxyl groups is 1. The average Bonchev–Trinajstić information content (AvgIpc) is 2.71. The van der Waals surface area contributed by atoms with E-state index in [0.29, 0.717) is 10.2 Å². The molecular formula is C12H16N2O3S. The number of rotatable bonds is 2. The highest BCUT2D eigenvalue weighted by molar-refractivity contribution is 7.17. The zero-order valence-electron chi connectivity index (χ0n) is 10.6. The molecule has 0 aliphatic carbocycles. The minimum Gasteiger partial charge on any atom is -0.391 e. The van der Waals surface area contributed by atoms with Gasteiger partial charge in [0, 0.05) is 0 Å². The SMILES string of the molecule is CC(C)(C)C(O)Cn1c(=O)[nH]c(=O)c2sccc21. The van der Waals surface area contributed by atoms with E-state index >= 15 is 0 Å². The molecule has 5 nitrogen and oxygen atoms in total. The van der Waals surface area contributed by atoms with Gasteiger partial charge in [0.15, 0.2) is 0 Å². The fraction of sp³-hybridized carbons (Fsp3) is 0.500. The molecule has 18 heavy (non-hydrogen) atoms. The third kappa shape index (κ3) is 2.26. The summed E-state index contributed by atoms with van der Waals surface area (Å²) in [5.41, 5.74) is -0.587. The molecule has 2 N–H and O–H groups in total. The van der Waals surface area contributed by atoms with E-state index in [-0.39, 0.29) is 17.5 Å². The van der Waals surface area contributed by atoms with Crippen molar-refractivity contribution in [2.45, 2.75) is 33.4 Å². The molecule has 0 fully saturated rings. The number of thiophene rings is 1. The number of aliphatic hydroxyl groups excluding tert-OH is 1. The first-order valence-corrected chi connectivity index (χ1v) is 6.57. The Labute approximate surface area is 108 Å². The van der Waals surface area contributed by atoms with Crippen LogP contribution in [0, 0.1) is 5.41 Å². The van der Waals surface area contributed by atoms with Gasteiger partial charge in [0.25, 0.3) is 5.56 Å². The maximum Gasteiger partial charge on any atom is 0.328 e. The molecule has 1 atom stereocenters. The Morgan fingerprint density at radius 3 is 2.72 bits per heavy atom. The van der Waals surface area contributed by atoms with E-state index in [9.17, 15) is 14.7 Å². The van der Waals surface area contributed by atoms with E-state index < -0.39 is 11.8 Å². The van der Waals surface area contributed by atoms with Crippen LogP contribution in [0.25, 0.3) is 10.2 Å². The maximum atomic E-state index is 11.8. The van der Waals surface area contributed by atoms with Crippen molar-refractivity contribution in [3.63, 3.8) is 0 Å². The molecule has 0 aromatic carbocycles. The van der Waals surface area contributed by atoms with E-state index in [1.165, 1.54) is 15.9 Å². The van der Waals surface area contributed by atoms with E-state index in [1.807, 2.05) is 20.8 Å². The van der Waals surface area contributed by atoms with Gasteiger partial charge in [-0.15, -0.1) is 11.3 Å². The van der Waals surface area contributed by atoms with Crippen LogP contribution in [0.3, 0.4) is 0 Å². The van der Waals surface area contributed by atoms with Crippen LogP contribution in [0.1, 0.15) is 20.8 Å². The number of nitrogens with zero attached hydrogens (tertiary/aromatic N) is 1. The predicted molar refractivity (Wildman–Crippen MR) is 72.2 cm³/mol. The lowest BCUT2D eigenvalue weighted by Crippen LogP contribution is -2.37. The van der Waals surface area contributed by atoms with Crippen molar-refractivity contribution >= 4 is 21.6 Å². The van der Waals surface area contributed by atoms with Crippen LogP contribution in [0.15, 0.2) is 21.0 Å². The third-order valence-corrected chi connectivity index (χ3v) is 3.86. The lowest BCUT2D eigenvalue weighted by atomic mass is 9.89. The van der Waals surface area contributed by atoms with E-state index in [0.717, 1.165) is 0 Å². The van der Waals surface area contributed by atoms with Crippen molar-refractivity contribution in [1.29, 1.82) is 0 Å². The molecule has 2 rings (SSSR count). The van der Waals surface area contributed by atoms with Gasteiger partial charge in [-0.1, -0.05) is 20.8 Å². The smallest absolute Gasteiger partial charge is 0.328 e. The van der Waals surface area contributed by atoms with Crippen molar-refractivity contribution in [2.75, 3.05) is 0 Å². The molecule has 0 saturated carbocycles. The summed E-state index contributed by atoms with van der Waals surface area (Å²) in [6.45, 7) is 5.88. The fourth-order valence-electron chi connectivity index (χ4n) is 1.64. The highest BCUT2D eigenvalue weighted by Gasteiger charge is 2.23. The van der Waals surface area contributed by atoms with Gasteiger partial charge in [-0.05, 0) is 16.9 Å². The molecule has 0 spiro atoms. The molecule has 2 heterocycles. The number of nitrogens with one attached hydrogen (secondary N) is 1. The summed E-state index contributed by atoms with van der Waals surface area (Å²) in [4.78, 5) is 25.7. The molecule has 6 heteroatoms. The van der Waals surface area contributed by atoms with Crippen molar-refractivity contribution < 1.29 is 5.11 Å². The molecule has 2 aromatic rings. The lowest BCUT2D eigenvalue weighted by molar-refractivity contribution is 0.0480. The summed E-state index contributed by atoms with van der Waals surface area (Å²) in [7, 11) is 0. The second-order valence-electron chi connectivity index (χ2n) is 5.39. The van der Waals surface area contributed by atoms with Crippen LogP contribution in [-0.4, -0.2) is 20.8 Å². The molecule has 0 amide bonds. The minimum atomic E-state index is -0.663. The number of fused-ring (bicyclic) bond motifs is 1. The molecule has 0 aliphatic rings. The van der Waals surface area contributed by atoms with Crippen LogP contribution >= 0.6 is 11.3 Å². The zero-order valence-corrected chi connectivity index (χ0v) is 11.4. The van der Waals surface area contributed by atoms with E-state index in [2.05, 4.69) is 4.98 Å². The second kappa shape index (κ2) is 4.37. The Hall–Kier alpha value is -1.40. The molecule has 0 bridgehead atoms. The Balaban J connectivity index is 2.55. The Morgan fingerprint density at radius 1 is 1.44 bits per heavy atom. The topological polar surface area (TPSA) is 75.1 Å². The summed E-state index contributed by atoms with van der Waals surface area (Å²) in [6.07, 6.45) is -0.663. The van der Waals surface area contributed by atoms with Crippen LogP contribution in [0.2, 0.25) is 0 Å². The zero-order chi connectivity index (χ0) is 13.5. The van der Waals surface area contributed by atoms with Crippen molar-refractivity contribution in [3.8, 4) is 0 Å². The second-order valence-corrected chi connectivity index (χ2v) is 6.30. The number of hydrogen-bond acceptors (Lipinski definition) is 4. The molecule has 0 aliphatic heterocycles. The predicted octanol–water partition coefficient (Wildman–Crippen LogP) is 1.16. The van der Waals surface area contributed by atoms with Gasteiger partial charge in [-0.3, -0.25) is 14.3 Å². The quantitative estimate of drug-likeness (QED) is 0.858. The van der Waals surface area contributed by atoms with Gasteiger partial charge >= 0.3 is 5.69 Å². The first-order chi connectivity index (χ1) is 8.30. The monoisotopic (exact) mass is 268 g/mol. The molecular weight excluding hydrogens is 252 g/mol.